The molecule has 5 nitrogen and oxygen atoms in total. The first kappa shape index (κ1) is 17.3. The molecule has 0 fully saturated rings. The molecule has 1 aromatic heterocycles. The van der Waals surface area contributed by atoms with Gasteiger partial charge in [-0.15, -0.1) is 0 Å². The molecule has 0 aliphatic rings. The second kappa shape index (κ2) is 7.51. The Kier molecular flexibility index (Phi) is 5.66. The highest BCUT2D eigenvalue weighted by atomic mass is 16.5. The molecule has 0 saturated carbocycles. The molecule has 0 aliphatic carbocycles. The van der Waals surface area contributed by atoms with E-state index in [1.165, 1.54) is 0 Å². The van der Waals surface area contributed by atoms with Gasteiger partial charge in [-0.1, -0.05) is 32.4 Å². The van der Waals surface area contributed by atoms with Crippen molar-refractivity contribution in [3.63, 3.8) is 0 Å². The summed E-state index contributed by atoms with van der Waals surface area (Å²) in [6.45, 7) is 8.40. The van der Waals surface area contributed by atoms with Gasteiger partial charge in [0.2, 0.25) is 5.91 Å². The number of benzene rings is 1. The van der Waals surface area contributed by atoms with Crippen LogP contribution in [0.4, 0.5) is 0 Å². The van der Waals surface area contributed by atoms with Crippen LogP contribution in [0, 0.1) is 5.92 Å². The number of ether oxygens (including phenoxy) is 1. The SMILES string of the molecule is CCOc1cccc2cc(C(C)NC(=O)C(N)C(C)CC)oc12. The molecule has 23 heavy (non-hydrogen) atoms. The molecule has 0 spiro atoms. The Morgan fingerprint density at radius 1 is 1.35 bits per heavy atom. The number of hydrogen-bond donors (Lipinski definition) is 2. The summed E-state index contributed by atoms with van der Waals surface area (Å²) in [6.07, 6.45) is 0.866. The number of nitrogens with one attached hydrogen (secondary N) is 1. The summed E-state index contributed by atoms with van der Waals surface area (Å²) in [4.78, 5) is 12.2. The number of amides is 1. The Labute approximate surface area is 137 Å². The van der Waals surface area contributed by atoms with Crippen LogP contribution in [0.5, 0.6) is 5.75 Å². The fourth-order valence-corrected chi connectivity index (χ4v) is 2.43. The van der Waals surface area contributed by atoms with Crippen molar-refractivity contribution in [3.8, 4) is 5.75 Å². The molecule has 5 heteroatoms. The average molecular weight is 318 g/mol. The predicted molar refractivity (Wildman–Crippen MR) is 91.4 cm³/mol. The van der Waals surface area contributed by atoms with Gasteiger partial charge in [0.15, 0.2) is 11.3 Å². The summed E-state index contributed by atoms with van der Waals surface area (Å²) in [5.41, 5.74) is 6.68. The molecular weight excluding hydrogens is 292 g/mol. The number of nitrogens with two attached hydrogens (primary N) is 1. The molecule has 0 saturated heterocycles. The van der Waals surface area contributed by atoms with E-state index >= 15 is 0 Å². The largest absolute Gasteiger partial charge is 0.490 e. The lowest BCUT2D eigenvalue weighted by molar-refractivity contribution is -0.124. The zero-order chi connectivity index (χ0) is 17.0. The van der Waals surface area contributed by atoms with E-state index in [1.54, 1.807) is 0 Å². The Morgan fingerprint density at radius 3 is 2.74 bits per heavy atom. The standard InChI is InChI=1S/C18H26N2O3/c1-5-11(3)16(19)18(21)20-12(4)15-10-13-8-7-9-14(22-6-2)17(13)23-15/h7-12,16H,5-6,19H2,1-4H3,(H,20,21). The Hall–Kier alpha value is -2.01. The van der Waals surface area contributed by atoms with E-state index in [9.17, 15) is 4.79 Å². The summed E-state index contributed by atoms with van der Waals surface area (Å²) in [6, 6.07) is 6.93. The van der Waals surface area contributed by atoms with Crippen LogP contribution >= 0.6 is 0 Å². The van der Waals surface area contributed by atoms with Gasteiger partial charge in [0.1, 0.15) is 5.76 Å². The lowest BCUT2D eigenvalue weighted by atomic mass is 9.99. The lowest BCUT2D eigenvalue weighted by Gasteiger charge is -2.20. The quantitative estimate of drug-likeness (QED) is 0.820. The fraction of sp³-hybridized carbons (Fsp3) is 0.500. The van der Waals surface area contributed by atoms with Crippen molar-refractivity contribution in [2.45, 2.75) is 46.2 Å². The molecule has 126 valence electrons. The molecule has 3 N–H and O–H groups in total. The van der Waals surface area contributed by atoms with Crippen molar-refractivity contribution in [3.05, 3.63) is 30.0 Å². The smallest absolute Gasteiger partial charge is 0.237 e. The average Bonchev–Trinajstić information content (AvgIpc) is 2.99. The van der Waals surface area contributed by atoms with Crippen LogP contribution in [0.3, 0.4) is 0 Å². The highest BCUT2D eigenvalue weighted by molar-refractivity contribution is 5.85. The Morgan fingerprint density at radius 2 is 2.09 bits per heavy atom. The van der Waals surface area contributed by atoms with Gasteiger partial charge in [0.05, 0.1) is 18.7 Å². The monoisotopic (exact) mass is 318 g/mol. The zero-order valence-corrected chi connectivity index (χ0v) is 14.3. The normalized spacial score (nSPS) is 15.2. The van der Waals surface area contributed by atoms with Gasteiger partial charge in [0, 0.05) is 5.39 Å². The van der Waals surface area contributed by atoms with Gasteiger partial charge in [-0.2, -0.15) is 0 Å². The highest BCUT2D eigenvalue weighted by Crippen LogP contribution is 2.31. The van der Waals surface area contributed by atoms with E-state index in [0.717, 1.165) is 11.8 Å². The van der Waals surface area contributed by atoms with E-state index in [0.29, 0.717) is 23.7 Å². The number of fused-ring (bicyclic) bond motifs is 1. The van der Waals surface area contributed by atoms with E-state index in [-0.39, 0.29) is 17.9 Å². The van der Waals surface area contributed by atoms with Crippen molar-refractivity contribution < 1.29 is 13.9 Å². The van der Waals surface area contributed by atoms with Crippen molar-refractivity contribution in [1.29, 1.82) is 0 Å². The minimum atomic E-state index is -0.509. The third-order valence-corrected chi connectivity index (χ3v) is 4.17. The predicted octanol–water partition coefficient (Wildman–Crippen LogP) is 3.38. The van der Waals surface area contributed by atoms with Gasteiger partial charge < -0.3 is 20.2 Å². The number of para-hydroxylation sites is 1. The molecule has 1 heterocycles. The maximum atomic E-state index is 12.2. The lowest BCUT2D eigenvalue weighted by Crippen LogP contribution is -2.45. The van der Waals surface area contributed by atoms with E-state index < -0.39 is 6.04 Å². The molecule has 2 aromatic rings. The summed E-state index contributed by atoms with van der Waals surface area (Å²) >= 11 is 0. The molecule has 1 aromatic carbocycles. The van der Waals surface area contributed by atoms with E-state index in [2.05, 4.69) is 5.32 Å². The third-order valence-electron chi connectivity index (χ3n) is 4.17. The third kappa shape index (κ3) is 3.85. The van der Waals surface area contributed by atoms with Gasteiger partial charge in [-0.05, 0) is 31.9 Å². The maximum Gasteiger partial charge on any atom is 0.237 e. The van der Waals surface area contributed by atoms with Gasteiger partial charge >= 0.3 is 0 Å². The number of carbonyl (C=O) groups is 1. The van der Waals surface area contributed by atoms with Crippen molar-refractivity contribution >= 4 is 16.9 Å². The second-order valence-electron chi connectivity index (χ2n) is 5.90. The van der Waals surface area contributed by atoms with Crippen LogP contribution in [-0.2, 0) is 4.79 Å². The van der Waals surface area contributed by atoms with Crippen molar-refractivity contribution in [1.82, 2.24) is 5.32 Å². The van der Waals surface area contributed by atoms with Crippen molar-refractivity contribution in [2.24, 2.45) is 11.7 Å². The zero-order valence-electron chi connectivity index (χ0n) is 14.3. The summed E-state index contributed by atoms with van der Waals surface area (Å²) < 4.78 is 11.5. The molecular formula is C18H26N2O3. The first-order valence-electron chi connectivity index (χ1n) is 8.19. The first-order valence-corrected chi connectivity index (χ1v) is 8.19. The minimum Gasteiger partial charge on any atom is -0.490 e. The first-order chi connectivity index (χ1) is 11.0. The van der Waals surface area contributed by atoms with Crippen LogP contribution < -0.4 is 15.8 Å². The molecule has 0 aliphatic heterocycles. The van der Waals surface area contributed by atoms with E-state index in [1.807, 2.05) is 52.0 Å². The Balaban J connectivity index is 2.16. The van der Waals surface area contributed by atoms with Crippen LogP contribution in [0.25, 0.3) is 11.0 Å². The summed E-state index contributed by atoms with van der Waals surface area (Å²) in [7, 11) is 0. The molecule has 0 radical (unpaired) electrons. The van der Waals surface area contributed by atoms with Crippen LogP contribution in [0.2, 0.25) is 0 Å². The molecule has 0 bridgehead atoms. The number of hydrogen-bond acceptors (Lipinski definition) is 4. The minimum absolute atomic E-state index is 0.141. The Bertz CT molecular complexity index is 665. The van der Waals surface area contributed by atoms with Crippen LogP contribution in [-0.4, -0.2) is 18.6 Å². The number of carbonyl (C=O) groups excluding carboxylic acids is 1. The summed E-state index contributed by atoms with van der Waals surface area (Å²) in [5.74, 6) is 1.39. The number of furan rings is 1. The molecule has 2 rings (SSSR count). The highest BCUT2D eigenvalue weighted by Gasteiger charge is 2.23. The van der Waals surface area contributed by atoms with Gasteiger partial charge in [-0.3, -0.25) is 4.79 Å². The van der Waals surface area contributed by atoms with E-state index in [4.69, 9.17) is 14.9 Å². The van der Waals surface area contributed by atoms with Crippen molar-refractivity contribution in [2.75, 3.05) is 6.61 Å². The molecule has 3 atom stereocenters. The molecule has 3 unspecified atom stereocenters. The van der Waals surface area contributed by atoms with Crippen LogP contribution in [0.15, 0.2) is 28.7 Å². The second-order valence-corrected chi connectivity index (χ2v) is 5.90. The molecule has 1 amide bonds. The fourth-order valence-electron chi connectivity index (χ4n) is 2.43. The number of rotatable bonds is 7. The van der Waals surface area contributed by atoms with Gasteiger partial charge in [-0.25, -0.2) is 0 Å². The summed E-state index contributed by atoms with van der Waals surface area (Å²) in [5, 5.41) is 3.88. The van der Waals surface area contributed by atoms with Crippen LogP contribution in [0.1, 0.15) is 45.9 Å². The van der Waals surface area contributed by atoms with Gasteiger partial charge in [0.25, 0.3) is 0 Å². The topological polar surface area (TPSA) is 77.5 Å². The maximum absolute atomic E-state index is 12.2.